The molecule has 19 heavy (non-hydrogen) atoms. The highest BCUT2D eigenvalue weighted by molar-refractivity contribution is 7.99. The molecule has 0 saturated heterocycles. The highest BCUT2D eigenvalue weighted by Crippen LogP contribution is 2.33. The van der Waals surface area contributed by atoms with Crippen molar-refractivity contribution in [2.24, 2.45) is 0 Å². The monoisotopic (exact) mass is 289 g/mol. The summed E-state index contributed by atoms with van der Waals surface area (Å²) in [5.41, 5.74) is -0.824. The van der Waals surface area contributed by atoms with Gasteiger partial charge >= 0.3 is 12.1 Å². The molecule has 0 unspecified atom stereocenters. The van der Waals surface area contributed by atoms with Gasteiger partial charge in [-0.25, -0.2) is 9.78 Å². The number of pyridine rings is 1. The van der Waals surface area contributed by atoms with Gasteiger partial charge in [0.1, 0.15) is 5.03 Å². The summed E-state index contributed by atoms with van der Waals surface area (Å²) in [5, 5.41) is 8.87. The summed E-state index contributed by atoms with van der Waals surface area (Å²) in [7, 11) is 0. The second-order valence-electron chi connectivity index (χ2n) is 3.41. The quantitative estimate of drug-likeness (QED) is 0.936. The predicted octanol–water partition coefficient (Wildman–Crippen LogP) is 3.54. The third-order valence-electron chi connectivity index (χ3n) is 2.06. The molecule has 1 N–H and O–H groups in total. The molecule has 0 fully saturated rings. The van der Waals surface area contributed by atoms with E-state index in [1.807, 2.05) is 0 Å². The van der Waals surface area contributed by atoms with Crippen LogP contribution in [0.25, 0.3) is 0 Å². The smallest absolute Gasteiger partial charge is 0.416 e. The summed E-state index contributed by atoms with van der Waals surface area (Å²) in [6.07, 6.45) is -3.42. The van der Waals surface area contributed by atoms with Gasteiger partial charge in [-0.3, -0.25) is 0 Å². The average Bonchev–Trinajstić information content (AvgIpc) is 2.77. The molecule has 0 aliphatic heterocycles. The lowest BCUT2D eigenvalue weighted by Gasteiger charge is -2.06. The fraction of sp³-hybridized carbons (Fsp3) is 0.0909. The first-order valence-electron chi connectivity index (χ1n) is 4.90. The second-order valence-corrected chi connectivity index (χ2v) is 4.43. The molecule has 0 saturated carbocycles. The van der Waals surface area contributed by atoms with Crippen LogP contribution in [-0.4, -0.2) is 16.1 Å². The molecule has 0 aliphatic rings. The number of aromatic carboxylic acids is 1. The summed E-state index contributed by atoms with van der Waals surface area (Å²) >= 11 is 0.815. The Kier molecular flexibility index (Phi) is 3.52. The Morgan fingerprint density at radius 3 is 2.63 bits per heavy atom. The number of halogens is 3. The number of carboxylic acids is 1. The van der Waals surface area contributed by atoms with Crippen molar-refractivity contribution in [3.63, 3.8) is 0 Å². The van der Waals surface area contributed by atoms with Gasteiger partial charge in [-0.05, 0) is 36.0 Å². The first-order valence-corrected chi connectivity index (χ1v) is 5.72. The van der Waals surface area contributed by atoms with Gasteiger partial charge in [-0.2, -0.15) is 13.2 Å². The van der Waals surface area contributed by atoms with E-state index in [-0.39, 0.29) is 15.9 Å². The van der Waals surface area contributed by atoms with Gasteiger partial charge < -0.3 is 9.52 Å². The summed E-state index contributed by atoms with van der Waals surface area (Å²) in [5.74, 6) is -1.53. The maximum Gasteiger partial charge on any atom is 0.416 e. The van der Waals surface area contributed by atoms with Crippen LogP contribution < -0.4 is 0 Å². The average molecular weight is 289 g/mol. The molecule has 0 amide bonds. The van der Waals surface area contributed by atoms with Crippen molar-refractivity contribution in [2.45, 2.75) is 16.3 Å². The van der Waals surface area contributed by atoms with Crippen molar-refractivity contribution in [2.75, 3.05) is 0 Å². The Morgan fingerprint density at radius 2 is 2.05 bits per heavy atom. The number of carbonyl (C=O) groups is 1. The topological polar surface area (TPSA) is 63.3 Å². The maximum atomic E-state index is 12.5. The minimum Gasteiger partial charge on any atom is -0.475 e. The molecule has 0 spiro atoms. The summed E-state index contributed by atoms with van der Waals surface area (Å²) < 4.78 is 42.4. The van der Waals surface area contributed by atoms with E-state index in [0.717, 1.165) is 30.1 Å². The van der Waals surface area contributed by atoms with Crippen molar-refractivity contribution >= 4 is 17.7 Å². The number of hydrogen-bond acceptors (Lipinski definition) is 4. The van der Waals surface area contributed by atoms with Crippen LogP contribution in [0.15, 0.2) is 45.0 Å². The van der Waals surface area contributed by atoms with E-state index in [1.165, 1.54) is 12.1 Å². The number of hydrogen-bond donors (Lipinski definition) is 1. The first-order chi connectivity index (χ1) is 8.86. The van der Waals surface area contributed by atoms with Crippen molar-refractivity contribution < 1.29 is 27.5 Å². The molecule has 2 aromatic heterocycles. The van der Waals surface area contributed by atoms with Gasteiger partial charge in [0, 0.05) is 6.20 Å². The Balaban J connectivity index is 2.21. The molecule has 4 nitrogen and oxygen atoms in total. The zero-order chi connectivity index (χ0) is 14.0. The van der Waals surface area contributed by atoms with E-state index in [1.54, 1.807) is 0 Å². The highest BCUT2D eigenvalue weighted by Gasteiger charge is 2.30. The van der Waals surface area contributed by atoms with Crippen LogP contribution in [0.2, 0.25) is 0 Å². The SMILES string of the molecule is O=C(O)c1ccc(Sc2cc(C(F)(F)F)ccn2)o1. The van der Waals surface area contributed by atoms with Crippen LogP contribution >= 0.6 is 11.8 Å². The van der Waals surface area contributed by atoms with Gasteiger partial charge in [0.05, 0.1) is 5.56 Å². The van der Waals surface area contributed by atoms with Gasteiger partial charge in [0.15, 0.2) is 5.09 Å². The molecule has 0 bridgehead atoms. The summed E-state index contributed by atoms with van der Waals surface area (Å²) in [4.78, 5) is 14.3. The third-order valence-corrected chi connectivity index (χ3v) is 2.91. The van der Waals surface area contributed by atoms with Crippen LogP contribution in [0.5, 0.6) is 0 Å². The number of carboxylic acid groups (broad SMARTS) is 1. The van der Waals surface area contributed by atoms with Crippen LogP contribution in [0.3, 0.4) is 0 Å². The van der Waals surface area contributed by atoms with Gasteiger partial charge in [-0.1, -0.05) is 0 Å². The van der Waals surface area contributed by atoms with E-state index in [0.29, 0.717) is 0 Å². The van der Waals surface area contributed by atoms with Crippen LogP contribution in [0.1, 0.15) is 16.1 Å². The van der Waals surface area contributed by atoms with Crippen LogP contribution in [0.4, 0.5) is 13.2 Å². The van der Waals surface area contributed by atoms with Gasteiger partial charge in [0.25, 0.3) is 0 Å². The molecule has 0 radical (unpaired) electrons. The Bertz CT molecular complexity index is 609. The zero-order valence-corrected chi connectivity index (χ0v) is 9.96. The Morgan fingerprint density at radius 1 is 1.32 bits per heavy atom. The molecule has 8 heteroatoms. The predicted molar refractivity (Wildman–Crippen MR) is 59.0 cm³/mol. The fourth-order valence-corrected chi connectivity index (χ4v) is 2.01. The molecule has 2 rings (SSSR count). The number of nitrogens with zero attached hydrogens (tertiary/aromatic N) is 1. The van der Waals surface area contributed by atoms with Crippen molar-refractivity contribution in [3.05, 3.63) is 41.8 Å². The van der Waals surface area contributed by atoms with Crippen LogP contribution in [0, 0.1) is 0 Å². The molecular formula is C11H6F3NO3S. The minimum atomic E-state index is -4.45. The first kappa shape index (κ1) is 13.5. The van der Waals surface area contributed by atoms with Gasteiger partial charge in [0.2, 0.25) is 5.76 Å². The third kappa shape index (κ3) is 3.28. The largest absolute Gasteiger partial charge is 0.475 e. The number of aromatic nitrogens is 1. The molecular weight excluding hydrogens is 283 g/mol. The van der Waals surface area contributed by atoms with E-state index in [2.05, 4.69) is 4.98 Å². The molecule has 100 valence electrons. The number of rotatable bonds is 3. The maximum absolute atomic E-state index is 12.5. The molecule has 0 aromatic carbocycles. The van der Waals surface area contributed by atoms with Crippen molar-refractivity contribution in [1.82, 2.24) is 4.98 Å². The molecule has 0 atom stereocenters. The lowest BCUT2D eigenvalue weighted by molar-refractivity contribution is -0.137. The van der Waals surface area contributed by atoms with Crippen molar-refractivity contribution in [3.8, 4) is 0 Å². The zero-order valence-electron chi connectivity index (χ0n) is 9.14. The molecule has 2 heterocycles. The molecule has 0 aliphatic carbocycles. The summed E-state index contributed by atoms with van der Waals surface area (Å²) in [6.45, 7) is 0. The van der Waals surface area contributed by atoms with E-state index < -0.39 is 17.7 Å². The van der Waals surface area contributed by atoms with E-state index >= 15 is 0 Å². The Hall–Kier alpha value is -1.96. The molecule has 2 aromatic rings. The minimum absolute atomic E-state index is 0.0705. The second kappa shape index (κ2) is 4.96. The summed E-state index contributed by atoms with van der Waals surface area (Å²) in [6, 6.07) is 4.30. The fourth-order valence-electron chi connectivity index (χ4n) is 1.23. The number of alkyl halides is 3. The van der Waals surface area contributed by atoms with Gasteiger partial charge in [-0.15, -0.1) is 0 Å². The lowest BCUT2D eigenvalue weighted by atomic mass is 10.3. The number of furan rings is 1. The highest BCUT2D eigenvalue weighted by atomic mass is 32.2. The standard InChI is InChI=1S/C11H6F3NO3S/c12-11(13,14)6-3-4-15-8(5-6)19-9-2-1-7(18-9)10(16)17/h1-5H,(H,16,17). The van der Waals surface area contributed by atoms with E-state index in [4.69, 9.17) is 9.52 Å². The Labute approximate surface area is 109 Å². The van der Waals surface area contributed by atoms with Crippen LogP contribution in [-0.2, 0) is 6.18 Å². The van der Waals surface area contributed by atoms with Crippen molar-refractivity contribution in [1.29, 1.82) is 0 Å². The van der Waals surface area contributed by atoms with E-state index in [9.17, 15) is 18.0 Å². The normalized spacial score (nSPS) is 11.5. The lowest BCUT2D eigenvalue weighted by Crippen LogP contribution is -2.04.